The Morgan fingerprint density at radius 1 is 0.135 bits per heavy atom. The SMILES string of the molecule is C1CCCC1.C1CCCCC1.C1CCCCCC1.C1CCCCCCC1.C1CCOC1.C1CCOCC1. The van der Waals surface area contributed by atoms with Crippen LogP contribution in [0.2, 0.25) is 0 Å². The van der Waals surface area contributed by atoms with Gasteiger partial charge in [0.15, 0.2) is 0 Å². The number of hydrogen-bond donors (Lipinski definition) is 0. The van der Waals surface area contributed by atoms with Gasteiger partial charge in [-0.15, -0.1) is 0 Å². The molecule has 2 saturated heterocycles. The summed E-state index contributed by atoms with van der Waals surface area (Å²) in [5, 5.41) is 0. The first-order valence-corrected chi connectivity index (χ1v) is 17.7. The van der Waals surface area contributed by atoms with Crippen LogP contribution in [0.25, 0.3) is 0 Å². The lowest BCUT2D eigenvalue weighted by Crippen LogP contribution is -2.03. The Bertz CT molecular complexity index is 277. The summed E-state index contributed by atoms with van der Waals surface area (Å²) in [5.41, 5.74) is 0. The van der Waals surface area contributed by atoms with Gasteiger partial charge in [0.25, 0.3) is 0 Å². The van der Waals surface area contributed by atoms with Gasteiger partial charge in [0.1, 0.15) is 0 Å². The van der Waals surface area contributed by atoms with Crippen LogP contribution in [0.3, 0.4) is 0 Å². The van der Waals surface area contributed by atoms with E-state index in [2.05, 4.69) is 0 Å². The van der Waals surface area contributed by atoms with Gasteiger partial charge < -0.3 is 9.47 Å². The predicted molar refractivity (Wildman–Crippen MR) is 165 cm³/mol. The Morgan fingerprint density at radius 2 is 0.243 bits per heavy atom. The van der Waals surface area contributed by atoms with Crippen molar-refractivity contribution in [3.63, 3.8) is 0 Å². The van der Waals surface area contributed by atoms with Gasteiger partial charge in [-0.2, -0.15) is 0 Å². The fourth-order valence-electron chi connectivity index (χ4n) is 5.79. The molecule has 0 bridgehead atoms. The van der Waals surface area contributed by atoms with E-state index in [-0.39, 0.29) is 0 Å². The average Bonchev–Trinajstić information content (AvgIpc) is 3.68. The molecule has 6 rings (SSSR count). The minimum absolute atomic E-state index is 1.00. The van der Waals surface area contributed by atoms with Crippen LogP contribution in [-0.2, 0) is 9.47 Å². The van der Waals surface area contributed by atoms with E-state index in [1.54, 1.807) is 0 Å². The fraction of sp³-hybridized carbons (Fsp3) is 1.00. The quantitative estimate of drug-likeness (QED) is 0.294. The smallest absolute Gasteiger partial charge is 0.0466 e. The second-order valence-electron chi connectivity index (χ2n) is 12.2. The highest BCUT2D eigenvalue weighted by molar-refractivity contribution is 4.53. The molecule has 2 heteroatoms. The Hall–Kier alpha value is -0.0800. The van der Waals surface area contributed by atoms with E-state index in [0.717, 1.165) is 26.4 Å². The Morgan fingerprint density at radius 3 is 0.324 bits per heavy atom. The molecular formula is C35H70O2. The highest BCUT2D eigenvalue weighted by atomic mass is 16.5. The summed E-state index contributed by atoms with van der Waals surface area (Å²) in [5.74, 6) is 0. The molecule has 6 fully saturated rings. The Kier molecular flexibility index (Phi) is 30.4. The van der Waals surface area contributed by atoms with Crippen LogP contribution < -0.4 is 0 Å². The largest absolute Gasteiger partial charge is 0.381 e. The van der Waals surface area contributed by atoms with Gasteiger partial charge >= 0.3 is 0 Å². The maximum absolute atomic E-state index is 5.07. The number of ether oxygens (including phenoxy) is 2. The lowest BCUT2D eigenvalue weighted by Gasteiger charge is -2.08. The summed E-state index contributed by atoms with van der Waals surface area (Å²) >= 11 is 0. The second-order valence-corrected chi connectivity index (χ2v) is 12.2. The zero-order valence-corrected chi connectivity index (χ0v) is 25.6. The van der Waals surface area contributed by atoms with Crippen LogP contribution in [0.4, 0.5) is 0 Å². The first kappa shape index (κ1) is 34.9. The van der Waals surface area contributed by atoms with Crippen molar-refractivity contribution in [1.29, 1.82) is 0 Å². The molecule has 0 aromatic rings. The lowest BCUT2D eigenvalue weighted by atomic mass is 10.0. The van der Waals surface area contributed by atoms with Gasteiger partial charge in [0, 0.05) is 26.4 Å². The molecule has 2 nitrogen and oxygen atoms in total. The van der Waals surface area contributed by atoms with Crippen molar-refractivity contribution >= 4 is 0 Å². The normalized spacial score (nSPS) is 24.0. The third-order valence-corrected chi connectivity index (χ3v) is 8.40. The second kappa shape index (κ2) is 32.1. The molecule has 2 heterocycles. The summed E-state index contributed by atoms with van der Waals surface area (Å²) in [7, 11) is 0. The van der Waals surface area contributed by atoms with Crippen molar-refractivity contribution in [1.82, 2.24) is 0 Å². The highest BCUT2D eigenvalue weighted by Crippen LogP contribution is 2.17. The Balaban J connectivity index is 0.000000224. The van der Waals surface area contributed by atoms with E-state index in [1.807, 2.05) is 0 Å². The molecule has 222 valence electrons. The molecule has 4 aliphatic carbocycles. The average molecular weight is 523 g/mol. The van der Waals surface area contributed by atoms with Crippen LogP contribution in [0, 0.1) is 0 Å². The maximum Gasteiger partial charge on any atom is 0.0466 e. The van der Waals surface area contributed by atoms with Crippen molar-refractivity contribution in [2.45, 2.75) is 199 Å². The number of rotatable bonds is 0. The van der Waals surface area contributed by atoms with E-state index in [4.69, 9.17) is 9.47 Å². The van der Waals surface area contributed by atoms with Crippen LogP contribution in [0.5, 0.6) is 0 Å². The van der Waals surface area contributed by atoms with Gasteiger partial charge in [-0.05, 0) is 32.1 Å². The zero-order valence-electron chi connectivity index (χ0n) is 25.6. The van der Waals surface area contributed by atoms with E-state index >= 15 is 0 Å². The maximum atomic E-state index is 5.07. The summed E-state index contributed by atoms with van der Waals surface area (Å²) < 4.78 is 10.0. The molecular weight excluding hydrogens is 452 g/mol. The van der Waals surface area contributed by atoms with Crippen LogP contribution >= 0.6 is 0 Å². The molecule has 6 aliphatic rings. The van der Waals surface area contributed by atoms with E-state index in [9.17, 15) is 0 Å². The first-order chi connectivity index (χ1) is 18.5. The topological polar surface area (TPSA) is 18.5 Å². The van der Waals surface area contributed by atoms with Gasteiger partial charge in [-0.1, -0.05) is 167 Å². The fourth-order valence-corrected chi connectivity index (χ4v) is 5.79. The van der Waals surface area contributed by atoms with E-state index in [1.165, 1.54) is 199 Å². The number of hydrogen-bond acceptors (Lipinski definition) is 2. The summed E-state index contributed by atoms with van der Waals surface area (Å²) in [6.07, 6.45) is 45.5. The molecule has 0 aromatic carbocycles. The predicted octanol–water partition coefficient (Wildman–Crippen LogP) is 12.1. The molecule has 0 N–H and O–H groups in total. The zero-order chi connectivity index (χ0) is 26.2. The van der Waals surface area contributed by atoms with Crippen molar-refractivity contribution in [3.8, 4) is 0 Å². The third kappa shape index (κ3) is 30.3. The van der Waals surface area contributed by atoms with Crippen molar-refractivity contribution in [2.24, 2.45) is 0 Å². The van der Waals surface area contributed by atoms with Crippen molar-refractivity contribution in [3.05, 3.63) is 0 Å². The minimum atomic E-state index is 1.00. The molecule has 0 amide bonds. The summed E-state index contributed by atoms with van der Waals surface area (Å²) in [6.45, 7) is 4.00. The van der Waals surface area contributed by atoms with Crippen LogP contribution in [-0.4, -0.2) is 26.4 Å². The van der Waals surface area contributed by atoms with Gasteiger partial charge in [0.05, 0.1) is 0 Å². The minimum Gasteiger partial charge on any atom is -0.381 e. The monoisotopic (exact) mass is 523 g/mol. The molecule has 0 radical (unpaired) electrons. The van der Waals surface area contributed by atoms with Crippen LogP contribution in [0.15, 0.2) is 0 Å². The molecule has 0 unspecified atom stereocenters. The molecule has 2 aliphatic heterocycles. The van der Waals surface area contributed by atoms with Crippen molar-refractivity contribution < 1.29 is 9.47 Å². The standard InChI is InChI=1S/C8H16.C7H14.C6H12.C5H10O.C5H10.C4H8O/c1-2-4-6-8-7-5-3-1;1-2-4-6-7-5-3-1;2*1-2-4-6-5-3-1;2*1-2-4-5-3-1/h1-8H2;1-7H2;1-6H2;1-5H2;1-5H2;1-4H2. The first-order valence-electron chi connectivity index (χ1n) is 17.7. The van der Waals surface area contributed by atoms with Gasteiger partial charge in [-0.3, -0.25) is 0 Å². The summed E-state index contributed by atoms with van der Waals surface area (Å²) in [4.78, 5) is 0. The van der Waals surface area contributed by atoms with Gasteiger partial charge in [0.2, 0.25) is 0 Å². The van der Waals surface area contributed by atoms with E-state index in [0.29, 0.717) is 0 Å². The lowest BCUT2D eigenvalue weighted by molar-refractivity contribution is 0.0968. The Labute approximate surface area is 234 Å². The molecule has 4 saturated carbocycles. The third-order valence-electron chi connectivity index (χ3n) is 8.40. The van der Waals surface area contributed by atoms with Gasteiger partial charge in [-0.25, -0.2) is 0 Å². The highest BCUT2D eigenvalue weighted by Gasteiger charge is 1.98. The molecule has 0 spiro atoms. The molecule has 0 atom stereocenters. The molecule has 0 aromatic heterocycles. The van der Waals surface area contributed by atoms with Crippen molar-refractivity contribution in [2.75, 3.05) is 26.4 Å². The molecule has 37 heavy (non-hydrogen) atoms. The van der Waals surface area contributed by atoms with Crippen LogP contribution in [0.1, 0.15) is 199 Å². The summed E-state index contributed by atoms with van der Waals surface area (Å²) in [6, 6.07) is 0. The van der Waals surface area contributed by atoms with E-state index < -0.39 is 0 Å².